The number of nitrogens with zero attached hydrogens (tertiary/aromatic N) is 1. The fourth-order valence-electron chi connectivity index (χ4n) is 1.64. The number of nitrogen functional groups attached to an aromatic ring is 1. The van der Waals surface area contributed by atoms with Crippen LogP contribution in [0.25, 0.3) is 0 Å². The molecule has 1 aromatic rings. The van der Waals surface area contributed by atoms with E-state index in [2.05, 4.69) is 0 Å². The molecular formula is C12H18N2O3. The smallest absolute Gasteiger partial charge is 0.257 e. The molecule has 1 unspecified atom stereocenters. The van der Waals surface area contributed by atoms with Gasteiger partial charge in [0.05, 0.1) is 24.5 Å². The number of para-hydroxylation sites is 1. The van der Waals surface area contributed by atoms with E-state index in [4.69, 9.17) is 10.5 Å². The number of methoxy groups -OCH3 is 1. The van der Waals surface area contributed by atoms with Crippen LogP contribution in [0.3, 0.4) is 0 Å². The number of carbonyl (C=O) groups is 1. The molecule has 1 rings (SSSR count). The van der Waals surface area contributed by atoms with E-state index < -0.39 is 6.10 Å². The van der Waals surface area contributed by atoms with Gasteiger partial charge in [0.2, 0.25) is 0 Å². The van der Waals surface area contributed by atoms with Crippen LogP contribution in [-0.2, 0) is 0 Å². The predicted molar refractivity (Wildman–Crippen MR) is 66.0 cm³/mol. The van der Waals surface area contributed by atoms with Crippen LogP contribution >= 0.6 is 0 Å². The molecule has 0 radical (unpaired) electrons. The van der Waals surface area contributed by atoms with Crippen molar-refractivity contribution in [3.63, 3.8) is 0 Å². The molecule has 0 aliphatic carbocycles. The minimum Gasteiger partial charge on any atom is -0.494 e. The van der Waals surface area contributed by atoms with Crippen LogP contribution in [0.1, 0.15) is 17.3 Å². The molecule has 5 heteroatoms. The van der Waals surface area contributed by atoms with Gasteiger partial charge in [0.1, 0.15) is 0 Å². The van der Waals surface area contributed by atoms with E-state index in [1.165, 1.54) is 12.0 Å². The standard InChI is InChI=1S/C12H18N2O3/c1-8(15)7-14(2)12(16)9-5-4-6-10(13)11(9)17-3/h4-6,8,15H,7,13H2,1-3H3. The quantitative estimate of drug-likeness (QED) is 0.758. The molecule has 0 heterocycles. The monoisotopic (exact) mass is 238 g/mol. The van der Waals surface area contributed by atoms with Crippen molar-refractivity contribution in [1.82, 2.24) is 4.90 Å². The van der Waals surface area contributed by atoms with Crippen LogP contribution in [0.15, 0.2) is 18.2 Å². The number of carbonyl (C=O) groups excluding carboxylic acids is 1. The molecule has 1 atom stereocenters. The zero-order valence-electron chi connectivity index (χ0n) is 10.3. The lowest BCUT2D eigenvalue weighted by atomic mass is 10.1. The number of benzene rings is 1. The highest BCUT2D eigenvalue weighted by molar-refractivity contribution is 5.98. The molecule has 0 fully saturated rings. The van der Waals surface area contributed by atoms with Crippen molar-refractivity contribution in [3.05, 3.63) is 23.8 Å². The van der Waals surface area contributed by atoms with E-state index in [9.17, 15) is 9.90 Å². The largest absolute Gasteiger partial charge is 0.494 e. The van der Waals surface area contributed by atoms with Gasteiger partial charge in [0.25, 0.3) is 5.91 Å². The van der Waals surface area contributed by atoms with E-state index in [0.717, 1.165) is 0 Å². The number of aliphatic hydroxyl groups excluding tert-OH is 1. The molecule has 0 bridgehead atoms. The summed E-state index contributed by atoms with van der Waals surface area (Å²) in [6.07, 6.45) is -0.573. The lowest BCUT2D eigenvalue weighted by molar-refractivity contribution is 0.0700. The van der Waals surface area contributed by atoms with Gasteiger partial charge >= 0.3 is 0 Å². The number of aliphatic hydroxyl groups is 1. The number of rotatable bonds is 4. The van der Waals surface area contributed by atoms with Crippen LogP contribution in [0, 0.1) is 0 Å². The van der Waals surface area contributed by atoms with Gasteiger partial charge in [-0.25, -0.2) is 0 Å². The van der Waals surface area contributed by atoms with Gasteiger partial charge in [-0.2, -0.15) is 0 Å². The average Bonchev–Trinajstić information content (AvgIpc) is 2.26. The number of hydrogen-bond acceptors (Lipinski definition) is 4. The normalized spacial score (nSPS) is 12.0. The maximum absolute atomic E-state index is 12.1. The first-order valence-corrected chi connectivity index (χ1v) is 5.33. The van der Waals surface area contributed by atoms with Crippen molar-refractivity contribution in [2.75, 3.05) is 26.4 Å². The van der Waals surface area contributed by atoms with Crippen molar-refractivity contribution < 1.29 is 14.6 Å². The van der Waals surface area contributed by atoms with Crippen molar-refractivity contribution in [2.45, 2.75) is 13.0 Å². The highest BCUT2D eigenvalue weighted by Crippen LogP contribution is 2.26. The molecule has 0 saturated carbocycles. The number of hydrogen-bond donors (Lipinski definition) is 2. The third-order valence-electron chi connectivity index (χ3n) is 2.36. The molecule has 0 aliphatic heterocycles. The van der Waals surface area contributed by atoms with E-state index in [1.807, 2.05) is 0 Å². The molecule has 1 aromatic carbocycles. The number of nitrogens with two attached hydrogens (primary N) is 1. The molecule has 0 spiro atoms. The highest BCUT2D eigenvalue weighted by atomic mass is 16.5. The topological polar surface area (TPSA) is 75.8 Å². The molecule has 94 valence electrons. The van der Waals surface area contributed by atoms with Crippen LogP contribution in [-0.4, -0.2) is 42.7 Å². The molecule has 17 heavy (non-hydrogen) atoms. The molecule has 1 amide bonds. The van der Waals surface area contributed by atoms with E-state index in [0.29, 0.717) is 17.0 Å². The van der Waals surface area contributed by atoms with Crippen molar-refractivity contribution in [2.24, 2.45) is 0 Å². The van der Waals surface area contributed by atoms with E-state index >= 15 is 0 Å². The predicted octanol–water partition coefficient (Wildman–Crippen LogP) is 0.730. The Morgan fingerprint density at radius 2 is 2.24 bits per heavy atom. The van der Waals surface area contributed by atoms with E-state index in [-0.39, 0.29) is 12.5 Å². The summed E-state index contributed by atoms with van der Waals surface area (Å²) in [6, 6.07) is 5.02. The number of ether oxygens (including phenoxy) is 1. The minimum atomic E-state index is -0.573. The van der Waals surface area contributed by atoms with Crippen molar-refractivity contribution in [1.29, 1.82) is 0 Å². The van der Waals surface area contributed by atoms with Gasteiger partial charge in [-0.3, -0.25) is 4.79 Å². The average molecular weight is 238 g/mol. The summed E-state index contributed by atoms with van der Waals surface area (Å²) < 4.78 is 5.12. The second kappa shape index (κ2) is 5.54. The van der Waals surface area contributed by atoms with E-state index in [1.54, 1.807) is 32.2 Å². The molecule has 5 nitrogen and oxygen atoms in total. The Kier molecular flexibility index (Phi) is 4.34. The second-order valence-electron chi connectivity index (χ2n) is 3.96. The summed E-state index contributed by atoms with van der Waals surface area (Å²) >= 11 is 0. The number of likely N-dealkylation sites (N-methyl/N-ethyl adjacent to an activating group) is 1. The van der Waals surface area contributed by atoms with Crippen LogP contribution in [0.2, 0.25) is 0 Å². The third-order valence-corrected chi connectivity index (χ3v) is 2.36. The maximum atomic E-state index is 12.1. The fraction of sp³-hybridized carbons (Fsp3) is 0.417. The lowest BCUT2D eigenvalue weighted by Gasteiger charge is -2.20. The van der Waals surface area contributed by atoms with Gasteiger partial charge < -0.3 is 20.5 Å². The second-order valence-corrected chi connectivity index (χ2v) is 3.96. The van der Waals surface area contributed by atoms with Gasteiger partial charge in [-0.05, 0) is 19.1 Å². The fourth-order valence-corrected chi connectivity index (χ4v) is 1.64. The molecule has 0 aliphatic rings. The minimum absolute atomic E-state index is 0.227. The molecular weight excluding hydrogens is 220 g/mol. The summed E-state index contributed by atoms with van der Waals surface area (Å²) in [4.78, 5) is 13.5. The van der Waals surface area contributed by atoms with Gasteiger partial charge in [-0.1, -0.05) is 6.07 Å². The van der Waals surface area contributed by atoms with Gasteiger partial charge in [-0.15, -0.1) is 0 Å². The van der Waals surface area contributed by atoms with Crippen LogP contribution in [0.4, 0.5) is 5.69 Å². The molecule has 0 saturated heterocycles. The number of anilines is 1. The zero-order valence-corrected chi connectivity index (χ0v) is 10.3. The molecule has 0 aromatic heterocycles. The SMILES string of the molecule is COc1c(N)cccc1C(=O)N(C)CC(C)O. The summed E-state index contributed by atoms with van der Waals surface area (Å²) in [5.41, 5.74) is 6.54. The van der Waals surface area contributed by atoms with Crippen LogP contribution in [0.5, 0.6) is 5.75 Å². The Bertz CT molecular complexity index is 405. The third kappa shape index (κ3) is 3.10. The summed E-state index contributed by atoms with van der Waals surface area (Å²) in [5, 5.41) is 9.25. The summed E-state index contributed by atoms with van der Waals surface area (Å²) in [7, 11) is 3.09. The summed E-state index contributed by atoms with van der Waals surface area (Å²) in [5.74, 6) is 0.144. The Hall–Kier alpha value is -1.75. The Morgan fingerprint density at radius 3 is 2.76 bits per heavy atom. The van der Waals surface area contributed by atoms with Crippen molar-refractivity contribution >= 4 is 11.6 Å². The van der Waals surface area contributed by atoms with Crippen molar-refractivity contribution in [3.8, 4) is 5.75 Å². The lowest BCUT2D eigenvalue weighted by Crippen LogP contribution is -2.33. The molecule has 3 N–H and O–H groups in total. The number of amides is 1. The first-order valence-electron chi connectivity index (χ1n) is 5.33. The zero-order chi connectivity index (χ0) is 13.0. The van der Waals surface area contributed by atoms with Gasteiger partial charge in [0, 0.05) is 13.6 Å². The Labute approximate surface area is 101 Å². The van der Waals surface area contributed by atoms with Gasteiger partial charge in [0.15, 0.2) is 5.75 Å². The first-order chi connectivity index (χ1) is 7.97. The highest BCUT2D eigenvalue weighted by Gasteiger charge is 2.18. The Morgan fingerprint density at radius 1 is 1.59 bits per heavy atom. The van der Waals surface area contributed by atoms with Crippen LogP contribution < -0.4 is 10.5 Å². The summed E-state index contributed by atoms with van der Waals surface area (Å²) in [6.45, 7) is 1.89. The Balaban J connectivity index is 3.00. The maximum Gasteiger partial charge on any atom is 0.257 e. The first kappa shape index (κ1) is 13.3.